The van der Waals surface area contributed by atoms with Gasteiger partial charge in [0.1, 0.15) is 11.4 Å². The summed E-state index contributed by atoms with van der Waals surface area (Å²) in [6.45, 7) is 3.16. The van der Waals surface area contributed by atoms with Gasteiger partial charge in [0.15, 0.2) is 5.11 Å². The van der Waals surface area contributed by atoms with Crippen LogP contribution in [0.1, 0.15) is 18.1 Å². The van der Waals surface area contributed by atoms with Crippen molar-refractivity contribution in [2.24, 2.45) is 0 Å². The second kappa shape index (κ2) is 8.84. The highest BCUT2D eigenvalue weighted by Gasteiger charge is 2.31. The number of nitrogens with zero attached hydrogens (tertiary/aromatic N) is 5. The third-order valence-corrected chi connectivity index (χ3v) is 5.75. The van der Waals surface area contributed by atoms with Crippen LogP contribution in [0.5, 0.6) is 0 Å². The van der Waals surface area contributed by atoms with Gasteiger partial charge in [-0.05, 0) is 37.4 Å². The van der Waals surface area contributed by atoms with E-state index < -0.39 is 0 Å². The molecule has 0 saturated carbocycles. The molecule has 1 aliphatic rings. The van der Waals surface area contributed by atoms with Crippen LogP contribution in [0.3, 0.4) is 0 Å². The molecule has 164 valence electrons. The molecule has 33 heavy (non-hydrogen) atoms. The summed E-state index contributed by atoms with van der Waals surface area (Å²) in [4.78, 5) is 14.7. The standard InChI is InChI=1S/C25H22N6OS/c1-2-29-15-18(14-26-29)16-30-24(32)22(27-25(30)33)13-20-17-31(21-11-7-4-8-12-21)28-23(20)19-9-5-3-6-10-19/h3-15,17H,2,16H2,1H3,(H,27,33)/b22-13+. The molecule has 4 aromatic rings. The van der Waals surface area contributed by atoms with Crippen molar-refractivity contribution in [3.63, 3.8) is 0 Å². The number of hydrogen-bond acceptors (Lipinski definition) is 4. The Morgan fingerprint density at radius 3 is 2.45 bits per heavy atom. The van der Waals surface area contributed by atoms with E-state index in [1.165, 1.54) is 0 Å². The molecule has 3 heterocycles. The Morgan fingerprint density at radius 2 is 1.76 bits per heavy atom. The van der Waals surface area contributed by atoms with Crippen molar-refractivity contribution in [3.8, 4) is 16.9 Å². The van der Waals surface area contributed by atoms with Gasteiger partial charge in [0.25, 0.3) is 5.91 Å². The van der Waals surface area contributed by atoms with Crippen LogP contribution in [0.4, 0.5) is 0 Å². The number of aryl methyl sites for hydroxylation is 1. The number of rotatable bonds is 6. The molecule has 2 aromatic heterocycles. The fourth-order valence-electron chi connectivity index (χ4n) is 3.74. The third kappa shape index (κ3) is 4.20. The van der Waals surface area contributed by atoms with Gasteiger partial charge in [-0.1, -0.05) is 48.5 Å². The van der Waals surface area contributed by atoms with E-state index in [1.54, 1.807) is 11.1 Å². The smallest absolute Gasteiger partial charge is 0.276 e. The molecule has 2 aromatic carbocycles. The molecule has 1 amide bonds. The zero-order valence-electron chi connectivity index (χ0n) is 18.0. The van der Waals surface area contributed by atoms with Crippen LogP contribution in [-0.2, 0) is 17.9 Å². The van der Waals surface area contributed by atoms with Crippen LogP contribution >= 0.6 is 12.2 Å². The minimum absolute atomic E-state index is 0.171. The largest absolute Gasteiger partial charge is 0.328 e. The van der Waals surface area contributed by atoms with Gasteiger partial charge in [-0.15, -0.1) is 0 Å². The molecular weight excluding hydrogens is 432 g/mol. The number of nitrogens with one attached hydrogen (secondary N) is 1. The summed E-state index contributed by atoms with van der Waals surface area (Å²) >= 11 is 5.46. The Kier molecular flexibility index (Phi) is 5.58. The Morgan fingerprint density at radius 1 is 1.03 bits per heavy atom. The average molecular weight is 455 g/mol. The first-order valence-corrected chi connectivity index (χ1v) is 11.1. The molecule has 1 aliphatic heterocycles. The number of benzene rings is 2. The summed E-state index contributed by atoms with van der Waals surface area (Å²) < 4.78 is 3.65. The average Bonchev–Trinajstić information content (AvgIpc) is 3.55. The first-order valence-electron chi connectivity index (χ1n) is 10.7. The minimum atomic E-state index is -0.171. The maximum Gasteiger partial charge on any atom is 0.276 e. The van der Waals surface area contributed by atoms with Gasteiger partial charge in [-0.25, -0.2) is 4.68 Å². The van der Waals surface area contributed by atoms with E-state index >= 15 is 0 Å². The first kappa shape index (κ1) is 20.8. The van der Waals surface area contributed by atoms with Crippen LogP contribution in [-0.4, -0.2) is 35.5 Å². The topological polar surface area (TPSA) is 68.0 Å². The Bertz CT molecular complexity index is 1340. The maximum atomic E-state index is 13.2. The number of carbonyl (C=O) groups excluding carboxylic acids is 1. The van der Waals surface area contributed by atoms with Gasteiger partial charge < -0.3 is 5.32 Å². The Labute approximate surface area is 197 Å². The lowest BCUT2D eigenvalue weighted by Crippen LogP contribution is -2.29. The van der Waals surface area contributed by atoms with Crippen LogP contribution < -0.4 is 5.32 Å². The molecule has 0 unspecified atom stereocenters. The molecule has 7 nitrogen and oxygen atoms in total. The summed E-state index contributed by atoms with van der Waals surface area (Å²) in [5.74, 6) is -0.171. The van der Waals surface area contributed by atoms with E-state index in [0.29, 0.717) is 17.4 Å². The number of thiocarbonyl (C=S) groups is 1. The quantitative estimate of drug-likeness (QED) is 0.352. The second-order valence-electron chi connectivity index (χ2n) is 7.66. The van der Waals surface area contributed by atoms with E-state index in [0.717, 1.165) is 34.6 Å². The molecule has 8 heteroatoms. The Hall–Kier alpha value is -4.04. The highest BCUT2D eigenvalue weighted by atomic mass is 32.1. The molecule has 0 radical (unpaired) electrons. The molecule has 1 saturated heterocycles. The van der Waals surface area contributed by atoms with Crippen molar-refractivity contribution >= 4 is 29.3 Å². The van der Waals surface area contributed by atoms with Crippen molar-refractivity contribution in [1.82, 2.24) is 29.8 Å². The molecular formula is C25H22N6OS. The van der Waals surface area contributed by atoms with Gasteiger partial charge in [0, 0.05) is 35.6 Å². The lowest BCUT2D eigenvalue weighted by molar-refractivity contribution is -0.122. The molecule has 0 spiro atoms. The predicted molar refractivity (Wildman–Crippen MR) is 131 cm³/mol. The SMILES string of the molecule is CCn1cc(CN2C(=O)/C(=C\c3cn(-c4ccccc4)nc3-c3ccccc3)NC2=S)cn1. The summed E-state index contributed by atoms with van der Waals surface area (Å²) in [6.07, 6.45) is 7.43. The molecule has 0 aliphatic carbocycles. The summed E-state index contributed by atoms with van der Waals surface area (Å²) in [5.41, 5.74) is 4.87. The summed E-state index contributed by atoms with van der Waals surface area (Å²) in [6, 6.07) is 19.8. The van der Waals surface area contributed by atoms with Gasteiger partial charge in [-0.2, -0.15) is 10.2 Å². The molecule has 0 atom stereocenters. The fourth-order valence-corrected chi connectivity index (χ4v) is 4.00. The van der Waals surface area contributed by atoms with Gasteiger partial charge >= 0.3 is 0 Å². The number of amides is 1. The third-order valence-electron chi connectivity index (χ3n) is 5.42. The van der Waals surface area contributed by atoms with Gasteiger partial charge in [0.05, 0.1) is 18.4 Å². The van der Waals surface area contributed by atoms with Crippen LogP contribution in [0.25, 0.3) is 23.0 Å². The lowest BCUT2D eigenvalue weighted by atomic mass is 10.1. The van der Waals surface area contributed by atoms with Crippen molar-refractivity contribution in [3.05, 3.63) is 96.1 Å². The monoisotopic (exact) mass is 454 g/mol. The molecule has 1 fully saturated rings. The number of para-hydroxylation sites is 1. The van der Waals surface area contributed by atoms with E-state index in [4.69, 9.17) is 17.3 Å². The van der Waals surface area contributed by atoms with Crippen molar-refractivity contribution < 1.29 is 4.79 Å². The molecule has 1 N–H and O–H groups in total. The van der Waals surface area contributed by atoms with Crippen LogP contribution in [0, 0.1) is 0 Å². The second-order valence-corrected chi connectivity index (χ2v) is 8.05. The van der Waals surface area contributed by atoms with E-state index in [2.05, 4.69) is 10.4 Å². The predicted octanol–water partition coefficient (Wildman–Crippen LogP) is 4.01. The van der Waals surface area contributed by atoms with Crippen molar-refractivity contribution in [1.29, 1.82) is 0 Å². The zero-order chi connectivity index (χ0) is 22.8. The number of carbonyl (C=O) groups is 1. The normalized spacial score (nSPS) is 14.8. The van der Waals surface area contributed by atoms with E-state index in [1.807, 2.05) is 95.4 Å². The van der Waals surface area contributed by atoms with Crippen molar-refractivity contribution in [2.75, 3.05) is 0 Å². The van der Waals surface area contributed by atoms with E-state index in [-0.39, 0.29) is 5.91 Å². The Balaban J connectivity index is 1.49. The molecule has 5 rings (SSSR count). The van der Waals surface area contributed by atoms with E-state index in [9.17, 15) is 4.79 Å². The highest BCUT2D eigenvalue weighted by molar-refractivity contribution is 7.80. The maximum absolute atomic E-state index is 13.2. The number of aromatic nitrogens is 4. The summed E-state index contributed by atoms with van der Waals surface area (Å²) in [5, 5.41) is 12.5. The summed E-state index contributed by atoms with van der Waals surface area (Å²) in [7, 11) is 0. The van der Waals surface area contributed by atoms with Crippen molar-refractivity contribution in [2.45, 2.75) is 20.0 Å². The van der Waals surface area contributed by atoms with Crippen LogP contribution in [0.2, 0.25) is 0 Å². The number of hydrogen-bond donors (Lipinski definition) is 1. The zero-order valence-corrected chi connectivity index (χ0v) is 18.9. The highest BCUT2D eigenvalue weighted by Crippen LogP contribution is 2.27. The van der Waals surface area contributed by atoms with Gasteiger partial charge in [-0.3, -0.25) is 14.4 Å². The van der Waals surface area contributed by atoms with Gasteiger partial charge in [0.2, 0.25) is 0 Å². The fraction of sp³-hybridized carbons (Fsp3) is 0.120. The lowest BCUT2D eigenvalue weighted by Gasteiger charge is -2.12. The van der Waals surface area contributed by atoms with Crippen LogP contribution in [0.15, 0.2) is 85.0 Å². The minimum Gasteiger partial charge on any atom is -0.328 e. The molecule has 0 bridgehead atoms. The first-order chi connectivity index (χ1) is 16.1.